The molecule has 106 valence electrons. The van der Waals surface area contributed by atoms with E-state index in [1.807, 2.05) is 0 Å². The van der Waals surface area contributed by atoms with Crippen molar-refractivity contribution in [1.29, 1.82) is 0 Å². The summed E-state index contributed by atoms with van der Waals surface area (Å²) >= 11 is 0. The zero-order valence-corrected chi connectivity index (χ0v) is 12.9. The van der Waals surface area contributed by atoms with Gasteiger partial charge in [-0.15, -0.1) is 0 Å². The molecule has 1 atom stereocenters. The molecule has 1 fully saturated rings. The average molecular weight is 260 g/mol. The molecule has 2 nitrogen and oxygen atoms in total. The molecule has 2 rings (SSSR count). The summed E-state index contributed by atoms with van der Waals surface area (Å²) in [6.07, 6.45) is 4.01. The van der Waals surface area contributed by atoms with E-state index in [1.54, 1.807) is 0 Å². The van der Waals surface area contributed by atoms with Gasteiger partial charge in [-0.1, -0.05) is 19.1 Å². The van der Waals surface area contributed by atoms with Gasteiger partial charge in [-0.3, -0.25) is 0 Å². The normalized spacial score (nSPS) is 16.4. The topological polar surface area (TPSA) is 15.3 Å². The zero-order valence-electron chi connectivity index (χ0n) is 12.9. The first-order valence-corrected chi connectivity index (χ1v) is 7.66. The lowest BCUT2D eigenvalue weighted by Gasteiger charge is -2.29. The molecule has 0 bridgehead atoms. The van der Waals surface area contributed by atoms with Crippen molar-refractivity contribution in [3.05, 3.63) is 29.3 Å². The Hall–Kier alpha value is -1.02. The van der Waals surface area contributed by atoms with Crippen LogP contribution in [-0.2, 0) is 6.54 Å². The molecule has 1 aromatic rings. The summed E-state index contributed by atoms with van der Waals surface area (Å²) in [7, 11) is 2.24. The molecular formula is C17H28N2. The van der Waals surface area contributed by atoms with Gasteiger partial charge in [-0.2, -0.15) is 0 Å². The third kappa shape index (κ3) is 3.73. The van der Waals surface area contributed by atoms with Crippen molar-refractivity contribution >= 4 is 5.69 Å². The standard InChI is InChI=1S/C17H28N2/c1-5-10-18-12-15-6-9-17(13(2)11-15)19(4)14(3)16-7-8-16/h6,9,11,14,16,18H,5,7-8,10,12H2,1-4H3. The Kier molecular flexibility index (Phi) is 4.87. The number of hydrogen-bond donors (Lipinski definition) is 1. The minimum absolute atomic E-state index is 0.669. The summed E-state index contributed by atoms with van der Waals surface area (Å²) in [5.41, 5.74) is 4.17. The van der Waals surface area contributed by atoms with Gasteiger partial charge < -0.3 is 10.2 Å². The van der Waals surface area contributed by atoms with Gasteiger partial charge in [-0.25, -0.2) is 0 Å². The van der Waals surface area contributed by atoms with Crippen LogP contribution in [0, 0.1) is 12.8 Å². The highest BCUT2D eigenvalue weighted by Gasteiger charge is 2.30. The smallest absolute Gasteiger partial charge is 0.0396 e. The Morgan fingerprint density at radius 1 is 1.37 bits per heavy atom. The van der Waals surface area contributed by atoms with E-state index in [0.717, 1.165) is 19.0 Å². The first kappa shape index (κ1) is 14.4. The third-order valence-electron chi connectivity index (χ3n) is 4.31. The number of benzene rings is 1. The van der Waals surface area contributed by atoms with E-state index in [2.05, 4.69) is 56.2 Å². The Balaban J connectivity index is 2.01. The summed E-state index contributed by atoms with van der Waals surface area (Å²) in [5.74, 6) is 0.912. The number of nitrogens with one attached hydrogen (secondary N) is 1. The van der Waals surface area contributed by atoms with E-state index in [9.17, 15) is 0 Å². The first-order valence-electron chi connectivity index (χ1n) is 7.66. The van der Waals surface area contributed by atoms with E-state index in [1.165, 1.54) is 36.1 Å². The molecule has 19 heavy (non-hydrogen) atoms. The summed E-state index contributed by atoms with van der Waals surface area (Å²) in [4.78, 5) is 2.45. The molecule has 1 aliphatic rings. The van der Waals surface area contributed by atoms with Crippen LogP contribution in [0.4, 0.5) is 5.69 Å². The molecule has 1 unspecified atom stereocenters. The second-order valence-corrected chi connectivity index (χ2v) is 5.99. The van der Waals surface area contributed by atoms with Crippen molar-refractivity contribution in [1.82, 2.24) is 5.32 Å². The van der Waals surface area contributed by atoms with Crippen molar-refractivity contribution in [2.45, 2.75) is 52.6 Å². The van der Waals surface area contributed by atoms with Crippen LogP contribution in [0.5, 0.6) is 0 Å². The maximum atomic E-state index is 3.46. The lowest BCUT2D eigenvalue weighted by Crippen LogP contribution is -2.31. The van der Waals surface area contributed by atoms with Crippen LogP contribution in [0.1, 0.15) is 44.2 Å². The minimum atomic E-state index is 0.669. The monoisotopic (exact) mass is 260 g/mol. The van der Waals surface area contributed by atoms with Gasteiger partial charge in [0.15, 0.2) is 0 Å². The van der Waals surface area contributed by atoms with E-state index < -0.39 is 0 Å². The number of anilines is 1. The predicted octanol–water partition coefficient (Wildman–Crippen LogP) is 3.73. The molecular weight excluding hydrogens is 232 g/mol. The highest BCUT2D eigenvalue weighted by Crippen LogP contribution is 2.37. The van der Waals surface area contributed by atoms with Gasteiger partial charge in [-0.05, 0) is 62.8 Å². The number of nitrogens with zero attached hydrogens (tertiary/aromatic N) is 1. The fraction of sp³-hybridized carbons (Fsp3) is 0.647. The fourth-order valence-corrected chi connectivity index (χ4v) is 2.75. The third-order valence-corrected chi connectivity index (χ3v) is 4.31. The lowest BCUT2D eigenvalue weighted by molar-refractivity contribution is 0.608. The molecule has 1 N–H and O–H groups in total. The van der Waals surface area contributed by atoms with Crippen molar-refractivity contribution < 1.29 is 0 Å². The molecule has 1 aromatic carbocycles. The van der Waals surface area contributed by atoms with E-state index in [-0.39, 0.29) is 0 Å². The van der Waals surface area contributed by atoms with E-state index in [4.69, 9.17) is 0 Å². The highest BCUT2D eigenvalue weighted by atomic mass is 15.1. The minimum Gasteiger partial charge on any atom is -0.371 e. The van der Waals surface area contributed by atoms with Crippen LogP contribution in [0.3, 0.4) is 0 Å². The molecule has 0 heterocycles. The van der Waals surface area contributed by atoms with Crippen molar-refractivity contribution in [2.75, 3.05) is 18.5 Å². The second-order valence-electron chi connectivity index (χ2n) is 5.99. The second kappa shape index (κ2) is 6.42. The van der Waals surface area contributed by atoms with Gasteiger partial charge >= 0.3 is 0 Å². The highest BCUT2D eigenvalue weighted by molar-refractivity contribution is 5.54. The molecule has 1 saturated carbocycles. The number of hydrogen-bond acceptors (Lipinski definition) is 2. The molecule has 0 saturated heterocycles. The lowest BCUT2D eigenvalue weighted by atomic mass is 10.1. The Morgan fingerprint density at radius 3 is 2.68 bits per heavy atom. The number of rotatable bonds is 7. The largest absolute Gasteiger partial charge is 0.371 e. The van der Waals surface area contributed by atoms with Gasteiger partial charge in [0.1, 0.15) is 0 Å². The molecule has 0 aliphatic heterocycles. The van der Waals surface area contributed by atoms with Crippen molar-refractivity contribution in [3.63, 3.8) is 0 Å². The number of aryl methyl sites for hydroxylation is 1. The summed E-state index contributed by atoms with van der Waals surface area (Å²) in [5, 5.41) is 3.46. The summed E-state index contributed by atoms with van der Waals surface area (Å²) < 4.78 is 0. The predicted molar refractivity (Wildman–Crippen MR) is 83.8 cm³/mol. The SMILES string of the molecule is CCCNCc1ccc(N(C)C(C)C2CC2)c(C)c1. The Bertz CT molecular complexity index is 410. The Morgan fingerprint density at radius 2 is 2.11 bits per heavy atom. The molecule has 2 heteroatoms. The van der Waals surface area contributed by atoms with Gasteiger partial charge in [0.05, 0.1) is 0 Å². The van der Waals surface area contributed by atoms with Crippen LogP contribution < -0.4 is 10.2 Å². The van der Waals surface area contributed by atoms with Crippen molar-refractivity contribution in [3.8, 4) is 0 Å². The van der Waals surface area contributed by atoms with Crippen LogP contribution in [0.2, 0.25) is 0 Å². The van der Waals surface area contributed by atoms with Crippen LogP contribution >= 0.6 is 0 Å². The van der Waals surface area contributed by atoms with Gasteiger partial charge in [0.25, 0.3) is 0 Å². The van der Waals surface area contributed by atoms with E-state index in [0.29, 0.717) is 6.04 Å². The quantitative estimate of drug-likeness (QED) is 0.752. The average Bonchev–Trinajstić information content (AvgIpc) is 3.22. The van der Waals surface area contributed by atoms with Crippen molar-refractivity contribution in [2.24, 2.45) is 5.92 Å². The molecule has 0 aromatic heterocycles. The maximum Gasteiger partial charge on any atom is 0.0396 e. The van der Waals surface area contributed by atoms with Crippen LogP contribution in [0.25, 0.3) is 0 Å². The molecule has 0 radical (unpaired) electrons. The van der Waals surface area contributed by atoms with Gasteiger partial charge in [0, 0.05) is 25.3 Å². The first-order chi connectivity index (χ1) is 9.13. The summed E-state index contributed by atoms with van der Waals surface area (Å²) in [6.45, 7) is 8.87. The van der Waals surface area contributed by atoms with E-state index >= 15 is 0 Å². The molecule has 0 spiro atoms. The van der Waals surface area contributed by atoms with Crippen LogP contribution in [0.15, 0.2) is 18.2 Å². The molecule has 1 aliphatic carbocycles. The zero-order chi connectivity index (χ0) is 13.8. The Labute approximate surface area is 118 Å². The van der Waals surface area contributed by atoms with Crippen LogP contribution in [-0.4, -0.2) is 19.6 Å². The van der Waals surface area contributed by atoms with Gasteiger partial charge in [0.2, 0.25) is 0 Å². The summed E-state index contributed by atoms with van der Waals surface area (Å²) in [6, 6.07) is 7.55. The fourth-order valence-electron chi connectivity index (χ4n) is 2.75. The molecule has 0 amide bonds. The maximum absolute atomic E-state index is 3.46.